The van der Waals surface area contributed by atoms with Crippen molar-refractivity contribution >= 4 is 27.4 Å². The Balaban J connectivity index is 2.18. The highest BCUT2D eigenvalue weighted by molar-refractivity contribution is 7.91. The van der Waals surface area contributed by atoms with E-state index in [2.05, 4.69) is 5.32 Å². The minimum absolute atomic E-state index is 0.0338. The first-order chi connectivity index (χ1) is 12.8. The zero-order valence-corrected chi connectivity index (χ0v) is 15.9. The summed E-state index contributed by atoms with van der Waals surface area (Å²) in [6, 6.07) is 9.78. The van der Waals surface area contributed by atoms with Gasteiger partial charge in [0, 0.05) is 5.56 Å². The molecule has 8 heteroatoms. The fourth-order valence-corrected chi connectivity index (χ4v) is 3.84. The number of rotatable bonds is 8. The lowest BCUT2D eigenvalue weighted by Gasteiger charge is -2.11. The molecule has 0 heterocycles. The predicted molar refractivity (Wildman–Crippen MR) is 101 cm³/mol. The van der Waals surface area contributed by atoms with Crippen LogP contribution < -0.4 is 10.1 Å². The van der Waals surface area contributed by atoms with Crippen LogP contribution in [-0.4, -0.2) is 38.3 Å². The van der Waals surface area contributed by atoms with Crippen molar-refractivity contribution in [1.82, 2.24) is 0 Å². The molecule has 0 saturated heterocycles. The van der Waals surface area contributed by atoms with Gasteiger partial charge in [0.2, 0.25) is 0 Å². The number of amides is 1. The van der Waals surface area contributed by atoms with Crippen molar-refractivity contribution in [3.05, 3.63) is 53.6 Å². The quantitative estimate of drug-likeness (QED) is 0.715. The van der Waals surface area contributed by atoms with Gasteiger partial charge in [0.15, 0.2) is 9.84 Å². The number of hydrogen-bond donors (Lipinski definition) is 2. The summed E-state index contributed by atoms with van der Waals surface area (Å²) in [5.74, 6) is -1.29. The van der Waals surface area contributed by atoms with E-state index in [4.69, 9.17) is 9.84 Å². The van der Waals surface area contributed by atoms with E-state index in [1.165, 1.54) is 49.6 Å². The van der Waals surface area contributed by atoms with E-state index in [-0.39, 0.29) is 27.5 Å². The van der Waals surface area contributed by atoms with E-state index in [0.29, 0.717) is 12.1 Å². The fourth-order valence-electron chi connectivity index (χ4n) is 2.39. The zero-order valence-electron chi connectivity index (χ0n) is 15.1. The van der Waals surface area contributed by atoms with Crippen molar-refractivity contribution in [3.8, 4) is 5.75 Å². The van der Waals surface area contributed by atoms with Crippen molar-refractivity contribution in [1.29, 1.82) is 0 Å². The molecule has 0 aliphatic carbocycles. The number of hydrogen-bond acceptors (Lipinski definition) is 5. The molecule has 0 saturated carbocycles. The molecule has 7 nitrogen and oxygen atoms in total. The van der Waals surface area contributed by atoms with Gasteiger partial charge in [-0.05, 0) is 48.9 Å². The number of sulfone groups is 1. The lowest BCUT2D eigenvalue weighted by Crippen LogP contribution is -2.13. The first kappa shape index (κ1) is 20.4. The Hall–Kier alpha value is -2.87. The van der Waals surface area contributed by atoms with Crippen LogP contribution >= 0.6 is 0 Å². The summed E-state index contributed by atoms with van der Waals surface area (Å²) in [7, 11) is -1.99. The second-order valence-corrected chi connectivity index (χ2v) is 7.98. The summed E-state index contributed by atoms with van der Waals surface area (Å²) >= 11 is 0. The summed E-state index contributed by atoms with van der Waals surface area (Å²) in [5, 5.41) is 11.6. The van der Waals surface area contributed by atoms with E-state index in [1.807, 2.05) is 6.92 Å². The number of carboxylic acids is 1. The highest BCUT2D eigenvalue weighted by atomic mass is 32.2. The van der Waals surface area contributed by atoms with E-state index < -0.39 is 21.7 Å². The fraction of sp³-hybridized carbons (Fsp3) is 0.263. The third-order valence-corrected chi connectivity index (χ3v) is 5.76. The molecule has 0 aliphatic heterocycles. The maximum absolute atomic E-state index is 12.4. The van der Waals surface area contributed by atoms with Crippen LogP contribution in [0.15, 0.2) is 47.4 Å². The number of nitrogens with one attached hydrogen (secondary N) is 1. The van der Waals surface area contributed by atoms with Crippen LogP contribution in [0.2, 0.25) is 0 Å². The van der Waals surface area contributed by atoms with E-state index >= 15 is 0 Å². The van der Waals surface area contributed by atoms with E-state index in [0.717, 1.165) is 6.42 Å². The standard InChI is InChI=1S/C19H21NO6S/c1-3-4-11-27(24,25)15-8-5-13(6-9-15)18(21)20-16-10-7-14(19(22)23)12-17(16)26-2/h5-10,12H,3-4,11H2,1-2H3,(H,20,21)(H,22,23). The number of carbonyl (C=O) groups excluding carboxylic acids is 1. The number of methoxy groups -OCH3 is 1. The Morgan fingerprint density at radius 3 is 2.26 bits per heavy atom. The maximum atomic E-state index is 12.4. The molecule has 2 N–H and O–H groups in total. The van der Waals surface area contributed by atoms with Crippen LogP contribution in [0.5, 0.6) is 5.75 Å². The molecule has 0 spiro atoms. The summed E-state index contributed by atoms with van der Waals surface area (Å²) in [5.41, 5.74) is 0.618. The SMILES string of the molecule is CCCCS(=O)(=O)c1ccc(C(=O)Nc2ccc(C(=O)O)cc2OC)cc1. The average Bonchev–Trinajstić information content (AvgIpc) is 2.66. The van der Waals surface area contributed by atoms with Gasteiger partial charge < -0.3 is 15.2 Å². The number of carbonyl (C=O) groups is 2. The molecule has 0 fully saturated rings. The molecule has 0 radical (unpaired) electrons. The molecule has 0 aliphatic rings. The molecule has 0 unspecified atom stereocenters. The number of anilines is 1. The van der Waals surface area contributed by atoms with Gasteiger partial charge in [0.25, 0.3) is 5.91 Å². The van der Waals surface area contributed by atoms with Crippen LogP contribution in [0.4, 0.5) is 5.69 Å². The second kappa shape index (κ2) is 8.68. The topological polar surface area (TPSA) is 110 Å². The van der Waals surface area contributed by atoms with Crippen molar-refractivity contribution in [2.75, 3.05) is 18.2 Å². The average molecular weight is 391 g/mol. The van der Waals surface area contributed by atoms with Crippen molar-refractivity contribution in [2.45, 2.75) is 24.7 Å². The first-order valence-corrected chi connectivity index (χ1v) is 9.99. The Bertz CT molecular complexity index is 935. The molecule has 2 aromatic carbocycles. The van der Waals surface area contributed by atoms with Crippen LogP contribution in [-0.2, 0) is 9.84 Å². The molecule has 2 aromatic rings. The van der Waals surface area contributed by atoms with Crippen LogP contribution in [0.3, 0.4) is 0 Å². The number of ether oxygens (including phenoxy) is 1. The van der Waals surface area contributed by atoms with Gasteiger partial charge in [0.05, 0.1) is 29.0 Å². The normalized spacial score (nSPS) is 11.0. The lowest BCUT2D eigenvalue weighted by molar-refractivity contribution is 0.0696. The van der Waals surface area contributed by atoms with E-state index in [1.54, 1.807) is 0 Å². The van der Waals surface area contributed by atoms with Gasteiger partial charge >= 0.3 is 5.97 Å². The third kappa shape index (κ3) is 5.07. The zero-order chi connectivity index (χ0) is 20.0. The predicted octanol–water partition coefficient (Wildman–Crippen LogP) is 3.22. The molecular formula is C19H21NO6S. The van der Waals surface area contributed by atoms with Crippen LogP contribution in [0, 0.1) is 0 Å². The summed E-state index contributed by atoms with van der Waals surface area (Å²) in [6.45, 7) is 1.92. The molecule has 144 valence electrons. The summed E-state index contributed by atoms with van der Waals surface area (Å²) in [6.07, 6.45) is 1.36. The maximum Gasteiger partial charge on any atom is 0.335 e. The monoisotopic (exact) mass is 391 g/mol. The smallest absolute Gasteiger partial charge is 0.335 e. The Labute approximate surface area is 157 Å². The van der Waals surface area contributed by atoms with Gasteiger partial charge in [0.1, 0.15) is 5.75 Å². The molecule has 27 heavy (non-hydrogen) atoms. The van der Waals surface area contributed by atoms with Crippen molar-refractivity contribution in [2.24, 2.45) is 0 Å². The number of carboxylic acid groups (broad SMARTS) is 1. The lowest BCUT2D eigenvalue weighted by atomic mass is 10.1. The number of benzene rings is 2. The first-order valence-electron chi connectivity index (χ1n) is 8.34. The van der Waals surface area contributed by atoms with Crippen molar-refractivity contribution < 1.29 is 27.9 Å². The van der Waals surface area contributed by atoms with Gasteiger partial charge in [-0.2, -0.15) is 0 Å². The highest BCUT2D eigenvalue weighted by Crippen LogP contribution is 2.26. The van der Waals surface area contributed by atoms with Crippen LogP contribution in [0.25, 0.3) is 0 Å². The molecule has 2 rings (SSSR count). The highest BCUT2D eigenvalue weighted by Gasteiger charge is 2.16. The van der Waals surface area contributed by atoms with Gasteiger partial charge in [-0.15, -0.1) is 0 Å². The van der Waals surface area contributed by atoms with Crippen LogP contribution in [0.1, 0.15) is 40.5 Å². The minimum atomic E-state index is -3.35. The minimum Gasteiger partial charge on any atom is -0.495 e. The molecule has 0 aromatic heterocycles. The summed E-state index contributed by atoms with van der Waals surface area (Å²) in [4.78, 5) is 23.6. The molecule has 0 atom stereocenters. The largest absolute Gasteiger partial charge is 0.495 e. The number of unbranched alkanes of at least 4 members (excludes halogenated alkanes) is 1. The van der Waals surface area contributed by atoms with Gasteiger partial charge in [-0.25, -0.2) is 13.2 Å². The Morgan fingerprint density at radius 2 is 1.70 bits per heavy atom. The van der Waals surface area contributed by atoms with E-state index in [9.17, 15) is 18.0 Å². The Morgan fingerprint density at radius 1 is 1.07 bits per heavy atom. The number of aromatic carboxylic acids is 1. The van der Waals surface area contributed by atoms with Gasteiger partial charge in [-0.3, -0.25) is 4.79 Å². The van der Waals surface area contributed by atoms with Gasteiger partial charge in [-0.1, -0.05) is 13.3 Å². The van der Waals surface area contributed by atoms with Crippen molar-refractivity contribution in [3.63, 3.8) is 0 Å². The molecular weight excluding hydrogens is 370 g/mol. The summed E-state index contributed by atoms with van der Waals surface area (Å²) < 4.78 is 29.5. The third-order valence-electron chi connectivity index (χ3n) is 3.94. The second-order valence-electron chi connectivity index (χ2n) is 5.87. The Kier molecular flexibility index (Phi) is 6.57. The molecule has 1 amide bonds. The molecule has 0 bridgehead atoms.